The SMILES string of the molecule is CC1CN=C(C(=O)Nc2ccc(O)cc2)N1. The maximum Gasteiger partial charge on any atom is 0.290 e. The van der Waals surface area contributed by atoms with Gasteiger partial charge in [-0.25, -0.2) is 0 Å². The molecule has 0 radical (unpaired) electrons. The molecule has 0 fully saturated rings. The van der Waals surface area contributed by atoms with E-state index in [2.05, 4.69) is 15.6 Å². The first kappa shape index (κ1) is 10.5. The zero-order valence-corrected chi connectivity index (χ0v) is 8.90. The lowest BCUT2D eigenvalue weighted by Crippen LogP contribution is -2.36. The van der Waals surface area contributed by atoms with E-state index in [-0.39, 0.29) is 17.7 Å². The fourth-order valence-corrected chi connectivity index (χ4v) is 1.43. The first-order valence-electron chi connectivity index (χ1n) is 5.06. The van der Waals surface area contributed by atoms with Crippen LogP contribution in [0.4, 0.5) is 5.69 Å². The van der Waals surface area contributed by atoms with Crippen LogP contribution in [0.25, 0.3) is 0 Å². The first-order chi connectivity index (χ1) is 7.65. The Morgan fingerprint density at radius 1 is 1.50 bits per heavy atom. The Kier molecular flexibility index (Phi) is 2.76. The van der Waals surface area contributed by atoms with Crippen LogP contribution in [0, 0.1) is 0 Å². The lowest BCUT2D eigenvalue weighted by molar-refractivity contribution is -0.110. The maximum atomic E-state index is 11.7. The van der Waals surface area contributed by atoms with E-state index in [4.69, 9.17) is 5.11 Å². The Morgan fingerprint density at radius 3 is 2.75 bits per heavy atom. The number of amides is 1. The van der Waals surface area contributed by atoms with Gasteiger partial charge in [-0.2, -0.15) is 0 Å². The van der Waals surface area contributed by atoms with Crippen molar-refractivity contribution in [2.45, 2.75) is 13.0 Å². The summed E-state index contributed by atoms with van der Waals surface area (Å²) in [5.74, 6) is 0.276. The summed E-state index contributed by atoms with van der Waals surface area (Å²) >= 11 is 0. The van der Waals surface area contributed by atoms with E-state index >= 15 is 0 Å². The van der Waals surface area contributed by atoms with Gasteiger partial charge in [0, 0.05) is 11.7 Å². The Hall–Kier alpha value is -2.04. The summed E-state index contributed by atoms with van der Waals surface area (Å²) in [5.41, 5.74) is 0.631. The number of rotatable bonds is 2. The second-order valence-corrected chi connectivity index (χ2v) is 3.74. The van der Waals surface area contributed by atoms with Gasteiger partial charge in [-0.3, -0.25) is 9.79 Å². The number of phenolic OH excluding ortho intramolecular Hbond substituents is 1. The lowest BCUT2D eigenvalue weighted by atomic mass is 10.3. The zero-order chi connectivity index (χ0) is 11.5. The predicted octanol–water partition coefficient (Wildman–Crippen LogP) is 0.721. The van der Waals surface area contributed by atoms with Gasteiger partial charge in [0.15, 0.2) is 5.84 Å². The number of aliphatic imine (C=N–C) groups is 1. The number of hydrogen-bond acceptors (Lipinski definition) is 4. The normalized spacial score (nSPS) is 18.8. The van der Waals surface area contributed by atoms with Crippen LogP contribution >= 0.6 is 0 Å². The molecule has 0 saturated carbocycles. The van der Waals surface area contributed by atoms with Gasteiger partial charge in [-0.1, -0.05) is 0 Å². The fourth-order valence-electron chi connectivity index (χ4n) is 1.43. The van der Waals surface area contributed by atoms with Crippen LogP contribution in [-0.4, -0.2) is 29.4 Å². The standard InChI is InChI=1S/C11H13N3O2/c1-7-6-12-10(13-7)11(16)14-8-2-4-9(15)5-3-8/h2-5,7,15H,6H2,1H3,(H,12,13)(H,14,16). The second-order valence-electron chi connectivity index (χ2n) is 3.74. The molecule has 1 unspecified atom stereocenters. The minimum atomic E-state index is -0.255. The molecule has 5 nitrogen and oxygen atoms in total. The molecule has 1 aliphatic rings. The molecule has 3 N–H and O–H groups in total. The number of carbonyl (C=O) groups excluding carboxylic acids is 1. The molecule has 84 valence electrons. The fraction of sp³-hybridized carbons (Fsp3) is 0.273. The Morgan fingerprint density at radius 2 is 2.19 bits per heavy atom. The van der Waals surface area contributed by atoms with Crippen LogP contribution in [0.2, 0.25) is 0 Å². The average Bonchev–Trinajstić information content (AvgIpc) is 2.68. The number of amidine groups is 1. The monoisotopic (exact) mass is 219 g/mol. The van der Waals surface area contributed by atoms with Crippen LogP contribution in [0.5, 0.6) is 5.75 Å². The van der Waals surface area contributed by atoms with Crippen LogP contribution in [0.3, 0.4) is 0 Å². The van der Waals surface area contributed by atoms with E-state index < -0.39 is 0 Å². The topological polar surface area (TPSA) is 73.7 Å². The van der Waals surface area contributed by atoms with Crippen molar-refractivity contribution in [1.29, 1.82) is 0 Å². The third-order valence-corrected chi connectivity index (χ3v) is 2.25. The quantitative estimate of drug-likeness (QED) is 0.642. The van der Waals surface area contributed by atoms with Gasteiger partial charge < -0.3 is 15.7 Å². The van der Waals surface area contributed by atoms with Crippen molar-refractivity contribution in [3.8, 4) is 5.75 Å². The van der Waals surface area contributed by atoms with Gasteiger partial charge in [0.05, 0.1) is 6.54 Å². The summed E-state index contributed by atoms with van der Waals surface area (Å²) in [7, 11) is 0. The summed E-state index contributed by atoms with van der Waals surface area (Å²) < 4.78 is 0. The maximum absolute atomic E-state index is 11.7. The van der Waals surface area contributed by atoms with E-state index in [9.17, 15) is 4.79 Å². The number of hydrogen-bond donors (Lipinski definition) is 3. The molecular weight excluding hydrogens is 206 g/mol. The van der Waals surface area contributed by atoms with Gasteiger partial charge in [0.25, 0.3) is 5.91 Å². The molecule has 5 heteroatoms. The largest absolute Gasteiger partial charge is 0.508 e. The molecule has 1 aliphatic heterocycles. The highest BCUT2D eigenvalue weighted by atomic mass is 16.3. The van der Waals surface area contributed by atoms with Crippen LogP contribution in [0.15, 0.2) is 29.3 Å². The highest BCUT2D eigenvalue weighted by Gasteiger charge is 2.19. The highest BCUT2D eigenvalue weighted by molar-refractivity contribution is 6.42. The molecule has 1 amide bonds. The summed E-state index contributed by atoms with van der Waals surface area (Å²) in [6.07, 6.45) is 0. The molecule has 1 aromatic carbocycles. The molecule has 1 heterocycles. The third-order valence-electron chi connectivity index (χ3n) is 2.25. The molecule has 16 heavy (non-hydrogen) atoms. The Labute approximate surface area is 93.2 Å². The zero-order valence-electron chi connectivity index (χ0n) is 8.90. The molecule has 0 bridgehead atoms. The van der Waals surface area contributed by atoms with E-state index in [0.29, 0.717) is 18.1 Å². The Balaban J connectivity index is 2.00. The molecule has 0 spiro atoms. The summed E-state index contributed by atoms with van der Waals surface area (Å²) in [6.45, 7) is 2.59. The van der Waals surface area contributed by atoms with Crippen LogP contribution < -0.4 is 10.6 Å². The van der Waals surface area contributed by atoms with Crippen molar-refractivity contribution >= 4 is 17.4 Å². The van der Waals surface area contributed by atoms with Gasteiger partial charge >= 0.3 is 0 Å². The van der Waals surface area contributed by atoms with Gasteiger partial charge in [-0.15, -0.1) is 0 Å². The number of anilines is 1. The molecule has 1 atom stereocenters. The van der Waals surface area contributed by atoms with Crippen molar-refractivity contribution in [3.63, 3.8) is 0 Å². The average molecular weight is 219 g/mol. The van der Waals surface area contributed by atoms with Gasteiger partial charge in [0.2, 0.25) is 0 Å². The summed E-state index contributed by atoms with van der Waals surface area (Å²) in [4.78, 5) is 15.8. The number of aromatic hydroxyl groups is 1. The van der Waals surface area contributed by atoms with E-state index in [1.54, 1.807) is 12.1 Å². The molecule has 2 rings (SSSR count). The van der Waals surface area contributed by atoms with E-state index in [1.165, 1.54) is 12.1 Å². The van der Waals surface area contributed by atoms with Crippen molar-refractivity contribution in [3.05, 3.63) is 24.3 Å². The minimum Gasteiger partial charge on any atom is -0.508 e. The second kappa shape index (κ2) is 4.22. The number of nitrogens with one attached hydrogen (secondary N) is 2. The molecule has 0 aliphatic carbocycles. The summed E-state index contributed by atoms with van der Waals surface area (Å²) in [5, 5.41) is 14.8. The van der Waals surface area contributed by atoms with Crippen LogP contribution in [0.1, 0.15) is 6.92 Å². The minimum absolute atomic E-state index is 0.169. The predicted molar refractivity (Wildman–Crippen MR) is 61.6 cm³/mol. The Bertz CT molecular complexity index is 425. The van der Waals surface area contributed by atoms with Gasteiger partial charge in [0.1, 0.15) is 5.75 Å². The van der Waals surface area contributed by atoms with E-state index in [1.807, 2.05) is 6.92 Å². The van der Waals surface area contributed by atoms with Crippen LogP contribution in [-0.2, 0) is 4.79 Å². The van der Waals surface area contributed by atoms with Crippen molar-refractivity contribution < 1.29 is 9.90 Å². The number of benzene rings is 1. The van der Waals surface area contributed by atoms with Crippen molar-refractivity contribution in [1.82, 2.24) is 5.32 Å². The number of phenols is 1. The molecule has 0 saturated heterocycles. The number of nitrogens with zero attached hydrogens (tertiary/aromatic N) is 1. The van der Waals surface area contributed by atoms with E-state index in [0.717, 1.165) is 0 Å². The lowest BCUT2D eigenvalue weighted by Gasteiger charge is -2.07. The smallest absolute Gasteiger partial charge is 0.290 e. The third kappa shape index (κ3) is 2.31. The number of carbonyl (C=O) groups is 1. The molecule has 0 aromatic heterocycles. The molecular formula is C11H13N3O2. The molecule has 1 aromatic rings. The van der Waals surface area contributed by atoms with Crippen molar-refractivity contribution in [2.24, 2.45) is 4.99 Å². The first-order valence-corrected chi connectivity index (χ1v) is 5.06. The van der Waals surface area contributed by atoms with Crippen molar-refractivity contribution in [2.75, 3.05) is 11.9 Å². The summed E-state index contributed by atoms with van der Waals surface area (Å²) in [6, 6.07) is 6.50. The van der Waals surface area contributed by atoms with Gasteiger partial charge in [-0.05, 0) is 31.2 Å². The highest BCUT2D eigenvalue weighted by Crippen LogP contribution is 2.13.